The molecular formula is C23H29N3O. The molecule has 142 valence electrons. The van der Waals surface area contributed by atoms with Gasteiger partial charge in [0.05, 0.1) is 0 Å². The summed E-state index contributed by atoms with van der Waals surface area (Å²) in [7, 11) is 0. The third-order valence-corrected chi connectivity index (χ3v) is 4.55. The lowest BCUT2D eigenvalue weighted by molar-refractivity contribution is -0.117. The van der Waals surface area contributed by atoms with Crippen molar-refractivity contribution in [2.45, 2.75) is 59.9 Å². The molecular weight excluding hydrogens is 334 g/mol. The lowest BCUT2D eigenvalue weighted by Gasteiger charge is -2.20. The van der Waals surface area contributed by atoms with Crippen LogP contribution in [0.1, 0.15) is 57.1 Å². The number of hydrogen-bond donors (Lipinski definition) is 1. The van der Waals surface area contributed by atoms with Crippen LogP contribution in [0.15, 0.2) is 35.9 Å². The van der Waals surface area contributed by atoms with Gasteiger partial charge in [0.15, 0.2) is 0 Å². The van der Waals surface area contributed by atoms with Crippen molar-refractivity contribution in [1.82, 2.24) is 9.88 Å². The Morgan fingerprint density at radius 1 is 1.19 bits per heavy atom. The van der Waals surface area contributed by atoms with Crippen molar-refractivity contribution in [1.29, 1.82) is 5.26 Å². The Labute approximate surface area is 162 Å². The van der Waals surface area contributed by atoms with Gasteiger partial charge in [-0.25, -0.2) is 0 Å². The van der Waals surface area contributed by atoms with E-state index in [4.69, 9.17) is 0 Å². The van der Waals surface area contributed by atoms with Crippen LogP contribution in [0.2, 0.25) is 0 Å². The van der Waals surface area contributed by atoms with E-state index in [0.29, 0.717) is 0 Å². The number of nitriles is 1. The zero-order valence-electron chi connectivity index (χ0n) is 17.3. The second-order valence-electron chi connectivity index (χ2n) is 8.26. The molecule has 0 aliphatic heterocycles. The molecule has 1 heterocycles. The van der Waals surface area contributed by atoms with E-state index in [0.717, 1.165) is 22.6 Å². The fraction of sp³-hybridized carbons (Fsp3) is 0.391. The SMILES string of the molecule is Cc1cc(/C=C(/C#N)C(=O)NC(C)C)c(C)n1-c1ccc(C(C)(C)C)cc1. The summed E-state index contributed by atoms with van der Waals surface area (Å²) < 4.78 is 2.15. The van der Waals surface area contributed by atoms with Crippen LogP contribution in [0.3, 0.4) is 0 Å². The van der Waals surface area contributed by atoms with Crippen LogP contribution in [0.25, 0.3) is 11.8 Å². The molecule has 4 nitrogen and oxygen atoms in total. The van der Waals surface area contributed by atoms with Gasteiger partial charge in [-0.2, -0.15) is 5.26 Å². The molecule has 2 rings (SSSR count). The lowest BCUT2D eigenvalue weighted by atomic mass is 9.87. The highest BCUT2D eigenvalue weighted by Crippen LogP contribution is 2.26. The van der Waals surface area contributed by atoms with Gasteiger partial charge in [-0.3, -0.25) is 4.79 Å². The topological polar surface area (TPSA) is 57.8 Å². The molecule has 1 amide bonds. The van der Waals surface area contributed by atoms with E-state index in [1.54, 1.807) is 6.08 Å². The zero-order chi connectivity index (χ0) is 20.4. The van der Waals surface area contributed by atoms with Gasteiger partial charge in [0, 0.05) is 23.1 Å². The van der Waals surface area contributed by atoms with Gasteiger partial charge in [-0.05, 0) is 68.5 Å². The summed E-state index contributed by atoms with van der Waals surface area (Å²) in [5.41, 5.74) is 5.52. The standard InChI is InChI=1S/C23H29N3O/c1-15(2)25-22(27)19(14-24)13-18-12-16(3)26(17(18)4)21-10-8-20(9-11-21)23(5,6)7/h8-13,15H,1-7H3,(H,25,27)/b19-13-. The third kappa shape index (κ3) is 4.68. The second-order valence-corrected chi connectivity index (χ2v) is 8.26. The number of carbonyl (C=O) groups is 1. The van der Waals surface area contributed by atoms with E-state index in [2.05, 4.69) is 54.9 Å². The molecule has 1 N–H and O–H groups in total. The van der Waals surface area contributed by atoms with Gasteiger partial charge < -0.3 is 9.88 Å². The van der Waals surface area contributed by atoms with E-state index in [1.165, 1.54) is 5.56 Å². The third-order valence-electron chi connectivity index (χ3n) is 4.55. The van der Waals surface area contributed by atoms with Gasteiger partial charge in [0.1, 0.15) is 11.6 Å². The van der Waals surface area contributed by atoms with Gasteiger partial charge in [-0.15, -0.1) is 0 Å². The van der Waals surface area contributed by atoms with E-state index < -0.39 is 0 Å². The van der Waals surface area contributed by atoms with Crippen molar-refractivity contribution in [3.8, 4) is 11.8 Å². The van der Waals surface area contributed by atoms with Crippen LogP contribution in [0, 0.1) is 25.2 Å². The summed E-state index contributed by atoms with van der Waals surface area (Å²) in [5.74, 6) is -0.341. The first-order chi connectivity index (χ1) is 12.5. The average Bonchev–Trinajstić information content (AvgIpc) is 2.85. The van der Waals surface area contributed by atoms with Crippen molar-refractivity contribution in [2.24, 2.45) is 0 Å². The van der Waals surface area contributed by atoms with Crippen molar-refractivity contribution >= 4 is 12.0 Å². The first-order valence-electron chi connectivity index (χ1n) is 9.27. The quantitative estimate of drug-likeness (QED) is 0.625. The maximum absolute atomic E-state index is 12.2. The molecule has 0 saturated heterocycles. The number of aryl methyl sites for hydroxylation is 1. The Bertz CT molecular complexity index is 901. The van der Waals surface area contributed by atoms with Crippen LogP contribution in [-0.2, 0) is 10.2 Å². The van der Waals surface area contributed by atoms with E-state index >= 15 is 0 Å². The second kappa shape index (κ2) is 7.84. The molecule has 0 fully saturated rings. The highest BCUT2D eigenvalue weighted by Gasteiger charge is 2.16. The number of aromatic nitrogens is 1. The maximum Gasteiger partial charge on any atom is 0.262 e. The molecule has 0 atom stereocenters. The number of hydrogen-bond acceptors (Lipinski definition) is 2. The maximum atomic E-state index is 12.2. The monoisotopic (exact) mass is 363 g/mol. The summed E-state index contributed by atoms with van der Waals surface area (Å²) in [6.45, 7) is 14.4. The Morgan fingerprint density at radius 3 is 2.26 bits per heavy atom. The summed E-state index contributed by atoms with van der Waals surface area (Å²) in [4.78, 5) is 12.2. The van der Waals surface area contributed by atoms with Crippen molar-refractivity contribution in [3.63, 3.8) is 0 Å². The Hall–Kier alpha value is -2.80. The molecule has 0 aliphatic rings. The van der Waals surface area contributed by atoms with Crippen LogP contribution >= 0.6 is 0 Å². The molecule has 0 spiro atoms. The molecule has 1 aromatic heterocycles. The summed E-state index contributed by atoms with van der Waals surface area (Å²) in [6, 6.07) is 12.5. The Balaban J connectivity index is 2.43. The Morgan fingerprint density at radius 2 is 1.78 bits per heavy atom. The fourth-order valence-corrected chi connectivity index (χ4v) is 3.09. The minimum atomic E-state index is -0.341. The fourth-order valence-electron chi connectivity index (χ4n) is 3.09. The Kier molecular flexibility index (Phi) is 5.95. The molecule has 0 radical (unpaired) electrons. The summed E-state index contributed by atoms with van der Waals surface area (Å²) >= 11 is 0. The molecule has 0 saturated carbocycles. The van der Waals surface area contributed by atoms with Crippen LogP contribution in [-0.4, -0.2) is 16.5 Å². The number of carbonyl (C=O) groups excluding carboxylic acids is 1. The molecule has 1 aromatic carbocycles. The van der Waals surface area contributed by atoms with E-state index in [-0.39, 0.29) is 22.9 Å². The predicted octanol–water partition coefficient (Wildman–Crippen LogP) is 4.82. The highest BCUT2D eigenvalue weighted by molar-refractivity contribution is 6.02. The first kappa shape index (κ1) is 20.5. The number of amides is 1. The molecule has 0 unspecified atom stereocenters. The van der Waals surface area contributed by atoms with Gasteiger partial charge in [0.25, 0.3) is 5.91 Å². The number of rotatable bonds is 4. The van der Waals surface area contributed by atoms with Crippen LogP contribution < -0.4 is 5.32 Å². The van der Waals surface area contributed by atoms with Gasteiger partial charge in [-0.1, -0.05) is 32.9 Å². The number of nitrogens with zero attached hydrogens (tertiary/aromatic N) is 2. The minimum Gasteiger partial charge on any atom is -0.349 e. The normalized spacial score (nSPS) is 12.2. The molecule has 0 bridgehead atoms. The van der Waals surface area contributed by atoms with E-state index in [9.17, 15) is 10.1 Å². The highest BCUT2D eigenvalue weighted by atomic mass is 16.1. The van der Waals surface area contributed by atoms with Gasteiger partial charge in [0.2, 0.25) is 0 Å². The zero-order valence-corrected chi connectivity index (χ0v) is 17.3. The smallest absolute Gasteiger partial charge is 0.262 e. The average molecular weight is 364 g/mol. The van der Waals surface area contributed by atoms with Gasteiger partial charge >= 0.3 is 0 Å². The molecule has 4 heteroatoms. The predicted molar refractivity (Wildman–Crippen MR) is 111 cm³/mol. The molecule has 0 aliphatic carbocycles. The van der Waals surface area contributed by atoms with Crippen molar-refractivity contribution < 1.29 is 4.79 Å². The van der Waals surface area contributed by atoms with Crippen LogP contribution in [0.4, 0.5) is 0 Å². The number of nitrogens with one attached hydrogen (secondary N) is 1. The lowest BCUT2D eigenvalue weighted by Crippen LogP contribution is -2.30. The largest absolute Gasteiger partial charge is 0.349 e. The summed E-state index contributed by atoms with van der Waals surface area (Å²) in [6.07, 6.45) is 1.67. The van der Waals surface area contributed by atoms with Crippen LogP contribution in [0.5, 0.6) is 0 Å². The minimum absolute atomic E-state index is 0.0111. The molecule has 2 aromatic rings. The van der Waals surface area contributed by atoms with Crippen molar-refractivity contribution in [3.05, 3.63) is 58.4 Å². The van der Waals surface area contributed by atoms with E-state index in [1.807, 2.05) is 39.8 Å². The van der Waals surface area contributed by atoms with Crippen molar-refractivity contribution in [2.75, 3.05) is 0 Å². The summed E-state index contributed by atoms with van der Waals surface area (Å²) in [5, 5.41) is 12.1. The first-order valence-corrected chi connectivity index (χ1v) is 9.27. The molecule has 27 heavy (non-hydrogen) atoms. The number of benzene rings is 1.